The van der Waals surface area contributed by atoms with Crippen molar-refractivity contribution in [1.82, 2.24) is 4.90 Å². The van der Waals surface area contributed by atoms with Gasteiger partial charge in [-0.2, -0.15) is 13.2 Å². The quantitative estimate of drug-likeness (QED) is 0.795. The number of likely N-dealkylation sites (tertiary alicyclic amines) is 1. The summed E-state index contributed by atoms with van der Waals surface area (Å²) in [6.45, 7) is 0.674. The first kappa shape index (κ1) is 12.8. The lowest BCUT2D eigenvalue weighted by Crippen LogP contribution is -2.39. The van der Waals surface area contributed by atoms with Gasteiger partial charge in [-0.3, -0.25) is 4.90 Å². The Morgan fingerprint density at radius 2 is 1.93 bits per heavy atom. The maximum atomic E-state index is 12.1. The van der Waals surface area contributed by atoms with E-state index in [-0.39, 0.29) is 19.2 Å². The molecule has 15 heavy (non-hydrogen) atoms. The molecule has 1 atom stereocenters. The van der Waals surface area contributed by atoms with E-state index in [9.17, 15) is 13.2 Å². The van der Waals surface area contributed by atoms with Gasteiger partial charge in [-0.25, -0.2) is 0 Å². The predicted molar refractivity (Wildman–Crippen MR) is 51.6 cm³/mol. The van der Waals surface area contributed by atoms with Gasteiger partial charge in [0.2, 0.25) is 0 Å². The summed E-state index contributed by atoms with van der Waals surface area (Å²) in [5.74, 6) is 0. The summed E-state index contributed by atoms with van der Waals surface area (Å²) >= 11 is 0. The molecule has 1 aliphatic rings. The molecule has 2 nitrogen and oxygen atoms in total. The lowest BCUT2D eigenvalue weighted by atomic mass is 10.1. The molecular weight excluding hydrogens is 207 g/mol. The third-order valence-electron chi connectivity index (χ3n) is 2.89. The molecule has 1 rings (SSSR count). The van der Waals surface area contributed by atoms with E-state index in [0.29, 0.717) is 6.54 Å². The first-order valence-electron chi connectivity index (χ1n) is 5.44. The second-order valence-electron chi connectivity index (χ2n) is 4.09. The normalized spacial score (nSPS) is 25.2. The minimum absolute atomic E-state index is 0.0225. The summed E-state index contributed by atoms with van der Waals surface area (Å²) in [6.07, 6.45) is -1.05. The van der Waals surface area contributed by atoms with Crippen molar-refractivity contribution in [3.63, 3.8) is 0 Å². The Morgan fingerprint density at radius 1 is 1.20 bits per heavy atom. The number of hydrogen-bond acceptors (Lipinski definition) is 2. The zero-order valence-corrected chi connectivity index (χ0v) is 8.76. The number of aliphatic hydroxyl groups is 1. The Hall–Kier alpha value is -0.290. The van der Waals surface area contributed by atoms with Crippen molar-refractivity contribution in [2.24, 2.45) is 0 Å². The van der Waals surface area contributed by atoms with Crippen LogP contribution in [0.5, 0.6) is 0 Å². The van der Waals surface area contributed by atoms with Gasteiger partial charge < -0.3 is 5.11 Å². The molecule has 0 amide bonds. The van der Waals surface area contributed by atoms with Crippen LogP contribution in [0.4, 0.5) is 13.2 Å². The molecule has 1 heterocycles. The third-order valence-corrected chi connectivity index (χ3v) is 2.89. The topological polar surface area (TPSA) is 23.5 Å². The van der Waals surface area contributed by atoms with Gasteiger partial charge in [-0.1, -0.05) is 12.8 Å². The van der Waals surface area contributed by atoms with Crippen molar-refractivity contribution in [3.05, 3.63) is 0 Å². The van der Waals surface area contributed by atoms with Gasteiger partial charge in [0.1, 0.15) is 0 Å². The maximum Gasteiger partial charge on any atom is 0.390 e. The van der Waals surface area contributed by atoms with Crippen molar-refractivity contribution in [2.45, 2.75) is 44.3 Å². The molecule has 0 spiro atoms. The van der Waals surface area contributed by atoms with E-state index in [0.717, 1.165) is 25.7 Å². The van der Waals surface area contributed by atoms with Crippen LogP contribution in [0.2, 0.25) is 0 Å². The van der Waals surface area contributed by atoms with Gasteiger partial charge in [0.05, 0.1) is 13.0 Å². The monoisotopic (exact) mass is 225 g/mol. The summed E-state index contributed by atoms with van der Waals surface area (Å²) in [7, 11) is 0. The van der Waals surface area contributed by atoms with Crippen LogP contribution in [0.15, 0.2) is 0 Å². The van der Waals surface area contributed by atoms with Crippen LogP contribution in [-0.4, -0.2) is 41.9 Å². The summed E-state index contributed by atoms with van der Waals surface area (Å²) in [5, 5.41) is 9.09. The second-order valence-corrected chi connectivity index (χ2v) is 4.09. The molecule has 0 aromatic heterocycles. The van der Waals surface area contributed by atoms with Crippen LogP contribution in [0, 0.1) is 0 Å². The number of aliphatic hydroxyl groups excluding tert-OH is 1. The summed E-state index contributed by atoms with van der Waals surface area (Å²) in [4.78, 5) is 1.78. The molecule has 0 aromatic rings. The Kier molecular flexibility index (Phi) is 4.86. The number of rotatable bonds is 3. The molecular formula is C10H18F3NO. The largest absolute Gasteiger partial charge is 0.395 e. The minimum Gasteiger partial charge on any atom is -0.395 e. The molecule has 0 aliphatic carbocycles. The minimum atomic E-state index is -4.09. The Balaban J connectivity index is 2.41. The van der Waals surface area contributed by atoms with Crippen molar-refractivity contribution in [3.8, 4) is 0 Å². The lowest BCUT2D eigenvalue weighted by Gasteiger charge is -2.28. The van der Waals surface area contributed by atoms with E-state index in [4.69, 9.17) is 5.11 Å². The molecule has 1 unspecified atom stereocenters. The van der Waals surface area contributed by atoms with Crippen molar-refractivity contribution >= 4 is 0 Å². The fraction of sp³-hybridized carbons (Fsp3) is 1.00. The van der Waals surface area contributed by atoms with Crippen LogP contribution < -0.4 is 0 Å². The van der Waals surface area contributed by atoms with Crippen LogP contribution in [0.25, 0.3) is 0 Å². The molecule has 1 saturated heterocycles. The molecule has 1 aliphatic heterocycles. The van der Waals surface area contributed by atoms with E-state index < -0.39 is 12.6 Å². The van der Waals surface area contributed by atoms with Gasteiger partial charge in [-0.15, -0.1) is 0 Å². The maximum absolute atomic E-state index is 12.1. The molecule has 90 valence electrons. The molecule has 0 saturated carbocycles. The molecule has 1 N–H and O–H groups in total. The van der Waals surface area contributed by atoms with Gasteiger partial charge >= 0.3 is 6.18 Å². The van der Waals surface area contributed by atoms with Crippen molar-refractivity contribution in [1.29, 1.82) is 0 Å². The van der Waals surface area contributed by atoms with Crippen molar-refractivity contribution < 1.29 is 18.3 Å². The van der Waals surface area contributed by atoms with E-state index in [2.05, 4.69) is 0 Å². The number of hydrogen-bond donors (Lipinski definition) is 1. The Morgan fingerprint density at radius 3 is 2.53 bits per heavy atom. The number of alkyl halides is 3. The highest BCUT2D eigenvalue weighted by Crippen LogP contribution is 2.23. The standard InChI is InChI=1S/C10H18F3NO/c11-10(12,13)5-7-14-6-3-1-2-4-9(14)8-15/h9,15H,1-8H2. The summed E-state index contributed by atoms with van der Waals surface area (Å²) < 4.78 is 36.2. The van der Waals surface area contributed by atoms with Crippen LogP contribution in [0.1, 0.15) is 32.1 Å². The van der Waals surface area contributed by atoms with E-state index >= 15 is 0 Å². The number of halogens is 3. The van der Waals surface area contributed by atoms with Gasteiger partial charge in [0.25, 0.3) is 0 Å². The Labute approximate surface area is 88.1 Å². The average Bonchev–Trinajstić information content (AvgIpc) is 2.37. The first-order valence-corrected chi connectivity index (χ1v) is 5.44. The highest BCUT2D eigenvalue weighted by molar-refractivity contribution is 4.75. The molecule has 1 fully saturated rings. The number of nitrogens with zero attached hydrogens (tertiary/aromatic N) is 1. The summed E-state index contributed by atoms with van der Waals surface area (Å²) in [5.41, 5.74) is 0. The molecule has 0 aromatic carbocycles. The first-order chi connectivity index (χ1) is 7.03. The second kappa shape index (κ2) is 5.70. The molecule has 0 radical (unpaired) electrons. The third kappa shape index (κ3) is 4.84. The molecule has 5 heteroatoms. The smallest absolute Gasteiger partial charge is 0.390 e. The van der Waals surface area contributed by atoms with E-state index in [1.165, 1.54) is 0 Å². The van der Waals surface area contributed by atoms with Gasteiger partial charge in [-0.05, 0) is 19.4 Å². The van der Waals surface area contributed by atoms with Gasteiger partial charge in [0, 0.05) is 12.6 Å². The highest BCUT2D eigenvalue weighted by Gasteiger charge is 2.29. The van der Waals surface area contributed by atoms with E-state index in [1.54, 1.807) is 4.90 Å². The lowest BCUT2D eigenvalue weighted by molar-refractivity contribution is -0.139. The van der Waals surface area contributed by atoms with Crippen molar-refractivity contribution in [2.75, 3.05) is 19.7 Å². The fourth-order valence-corrected chi connectivity index (χ4v) is 2.01. The SMILES string of the molecule is OCC1CCCCCN1CCC(F)(F)F. The average molecular weight is 225 g/mol. The van der Waals surface area contributed by atoms with Crippen LogP contribution >= 0.6 is 0 Å². The van der Waals surface area contributed by atoms with Gasteiger partial charge in [0.15, 0.2) is 0 Å². The fourth-order valence-electron chi connectivity index (χ4n) is 2.01. The zero-order valence-electron chi connectivity index (χ0n) is 8.76. The zero-order chi connectivity index (χ0) is 11.3. The predicted octanol–water partition coefficient (Wildman–Crippen LogP) is 2.18. The van der Waals surface area contributed by atoms with Crippen LogP contribution in [0.3, 0.4) is 0 Å². The van der Waals surface area contributed by atoms with E-state index in [1.807, 2.05) is 0 Å². The summed E-state index contributed by atoms with van der Waals surface area (Å²) in [6, 6.07) is -0.0742. The molecule has 0 bridgehead atoms. The Bertz CT molecular complexity index is 184. The highest BCUT2D eigenvalue weighted by atomic mass is 19.4. The van der Waals surface area contributed by atoms with Crippen LogP contribution in [-0.2, 0) is 0 Å².